The van der Waals surface area contributed by atoms with Gasteiger partial charge >= 0.3 is 0 Å². The van der Waals surface area contributed by atoms with Crippen molar-refractivity contribution < 1.29 is 4.79 Å². The van der Waals surface area contributed by atoms with Crippen LogP contribution < -0.4 is 5.32 Å². The van der Waals surface area contributed by atoms with Crippen LogP contribution in [-0.4, -0.2) is 29.9 Å². The lowest BCUT2D eigenvalue weighted by Crippen LogP contribution is -2.48. The smallest absolute Gasteiger partial charge is 0.232 e. The number of piperidine rings is 1. The fourth-order valence-corrected chi connectivity index (χ4v) is 3.35. The van der Waals surface area contributed by atoms with Gasteiger partial charge in [0.05, 0.1) is 5.92 Å². The fraction of sp³-hybridized carbons (Fsp3) is 0.562. The minimum atomic E-state index is 0.00366. The first kappa shape index (κ1) is 12.5. The molecule has 1 N–H and O–H groups in total. The van der Waals surface area contributed by atoms with E-state index in [4.69, 9.17) is 0 Å². The number of hydrogen-bond donors (Lipinski definition) is 1. The van der Waals surface area contributed by atoms with Crippen LogP contribution in [-0.2, 0) is 4.79 Å². The van der Waals surface area contributed by atoms with Gasteiger partial charge in [-0.3, -0.25) is 4.79 Å². The Hall–Kier alpha value is -1.51. The molecule has 0 radical (unpaired) electrons. The van der Waals surface area contributed by atoms with Crippen molar-refractivity contribution >= 4 is 11.6 Å². The summed E-state index contributed by atoms with van der Waals surface area (Å²) in [5.41, 5.74) is 2.29. The Kier molecular flexibility index (Phi) is 3.21. The predicted molar refractivity (Wildman–Crippen MR) is 77.2 cm³/mol. The van der Waals surface area contributed by atoms with E-state index in [1.807, 2.05) is 12.1 Å². The van der Waals surface area contributed by atoms with Crippen LogP contribution in [0.2, 0.25) is 0 Å². The summed E-state index contributed by atoms with van der Waals surface area (Å²) in [5, 5.41) is 3.35. The van der Waals surface area contributed by atoms with Gasteiger partial charge in [0, 0.05) is 24.8 Å². The molecule has 0 aromatic heterocycles. The van der Waals surface area contributed by atoms with Gasteiger partial charge < -0.3 is 10.2 Å². The Balaban J connectivity index is 1.82. The van der Waals surface area contributed by atoms with Gasteiger partial charge in [0.2, 0.25) is 5.91 Å². The van der Waals surface area contributed by atoms with Crippen LogP contribution in [0.5, 0.6) is 0 Å². The second kappa shape index (κ2) is 4.87. The number of fused-ring (bicyclic) bond motifs is 1. The number of amides is 1. The summed E-state index contributed by atoms with van der Waals surface area (Å²) in [6.45, 7) is 6.11. The normalized spacial score (nSPS) is 29.8. The van der Waals surface area contributed by atoms with E-state index in [0.29, 0.717) is 17.9 Å². The maximum absolute atomic E-state index is 12.8. The second-order valence-electron chi connectivity index (χ2n) is 5.91. The van der Waals surface area contributed by atoms with Gasteiger partial charge in [-0.2, -0.15) is 0 Å². The monoisotopic (exact) mass is 258 g/mol. The third kappa shape index (κ3) is 2.11. The lowest BCUT2D eigenvalue weighted by molar-refractivity contribution is -0.137. The summed E-state index contributed by atoms with van der Waals surface area (Å²) < 4.78 is 0. The predicted octanol–water partition coefficient (Wildman–Crippen LogP) is 2.84. The van der Waals surface area contributed by atoms with Crippen LogP contribution in [0.1, 0.15) is 38.2 Å². The third-order valence-electron chi connectivity index (χ3n) is 4.79. The molecule has 1 amide bonds. The van der Waals surface area contributed by atoms with Gasteiger partial charge in [-0.05, 0) is 37.3 Å². The summed E-state index contributed by atoms with van der Waals surface area (Å²) >= 11 is 0. The maximum Gasteiger partial charge on any atom is 0.232 e. The molecule has 3 heteroatoms. The number of carbonyl (C=O) groups is 1. The Morgan fingerprint density at radius 2 is 2.11 bits per heavy atom. The molecule has 19 heavy (non-hydrogen) atoms. The number of nitrogens with one attached hydrogen (secondary N) is 1. The molecule has 1 aromatic rings. The molecule has 0 spiro atoms. The summed E-state index contributed by atoms with van der Waals surface area (Å²) in [4.78, 5) is 14.9. The van der Waals surface area contributed by atoms with Crippen molar-refractivity contribution in [3.05, 3.63) is 29.8 Å². The van der Waals surface area contributed by atoms with Crippen molar-refractivity contribution in [2.24, 2.45) is 5.92 Å². The highest BCUT2D eigenvalue weighted by molar-refractivity contribution is 5.88. The van der Waals surface area contributed by atoms with Crippen LogP contribution in [0.25, 0.3) is 0 Å². The SMILES string of the molecule is CC1CCCN(C(=O)C2CNc3ccccc32)C1C. The van der Waals surface area contributed by atoms with E-state index in [2.05, 4.69) is 36.2 Å². The van der Waals surface area contributed by atoms with E-state index in [1.165, 1.54) is 6.42 Å². The minimum Gasteiger partial charge on any atom is -0.384 e. The number of carbonyl (C=O) groups excluding carboxylic acids is 1. The molecule has 0 bridgehead atoms. The quantitative estimate of drug-likeness (QED) is 0.840. The number of hydrogen-bond acceptors (Lipinski definition) is 2. The van der Waals surface area contributed by atoms with Crippen molar-refractivity contribution in [2.75, 3.05) is 18.4 Å². The van der Waals surface area contributed by atoms with Gasteiger partial charge in [0.1, 0.15) is 0 Å². The van der Waals surface area contributed by atoms with E-state index >= 15 is 0 Å². The molecule has 2 heterocycles. The first-order valence-electron chi connectivity index (χ1n) is 7.31. The molecule has 102 valence electrons. The lowest BCUT2D eigenvalue weighted by Gasteiger charge is -2.39. The standard InChI is InChI=1S/C16H22N2O/c1-11-6-5-9-18(12(11)2)16(19)14-10-17-15-8-4-3-7-13(14)15/h3-4,7-8,11-12,14,17H,5-6,9-10H2,1-2H3. The van der Waals surface area contributed by atoms with E-state index < -0.39 is 0 Å². The van der Waals surface area contributed by atoms with Crippen LogP contribution >= 0.6 is 0 Å². The lowest BCUT2D eigenvalue weighted by atomic mass is 9.90. The van der Waals surface area contributed by atoms with Crippen LogP contribution in [0.15, 0.2) is 24.3 Å². The zero-order valence-corrected chi connectivity index (χ0v) is 11.7. The molecule has 2 aliphatic heterocycles. The Morgan fingerprint density at radius 1 is 1.32 bits per heavy atom. The molecule has 2 aliphatic rings. The van der Waals surface area contributed by atoms with Gasteiger partial charge in [-0.15, -0.1) is 0 Å². The molecular formula is C16H22N2O. The number of likely N-dealkylation sites (tertiary alicyclic amines) is 1. The van der Waals surface area contributed by atoms with E-state index in [9.17, 15) is 4.79 Å². The number of benzene rings is 1. The Bertz CT molecular complexity index is 485. The van der Waals surface area contributed by atoms with Crippen molar-refractivity contribution in [2.45, 2.75) is 38.6 Å². The van der Waals surface area contributed by atoms with Gasteiger partial charge in [-0.1, -0.05) is 25.1 Å². The molecule has 1 saturated heterocycles. The van der Waals surface area contributed by atoms with Crippen molar-refractivity contribution in [1.82, 2.24) is 4.90 Å². The largest absolute Gasteiger partial charge is 0.384 e. The molecule has 3 nitrogen and oxygen atoms in total. The molecule has 0 aliphatic carbocycles. The number of rotatable bonds is 1. The second-order valence-corrected chi connectivity index (χ2v) is 5.91. The summed E-state index contributed by atoms with van der Waals surface area (Å²) in [5.74, 6) is 0.919. The van der Waals surface area contributed by atoms with Crippen molar-refractivity contribution in [3.8, 4) is 0 Å². The zero-order valence-electron chi connectivity index (χ0n) is 11.7. The number of anilines is 1. The summed E-state index contributed by atoms with van der Waals surface area (Å²) in [7, 11) is 0. The third-order valence-corrected chi connectivity index (χ3v) is 4.79. The highest BCUT2D eigenvalue weighted by Gasteiger charge is 2.36. The molecule has 3 atom stereocenters. The van der Waals surface area contributed by atoms with Crippen molar-refractivity contribution in [1.29, 1.82) is 0 Å². The van der Waals surface area contributed by atoms with Crippen LogP contribution in [0.3, 0.4) is 0 Å². The molecule has 0 saturated carbocycles. The van der Waals surface area contributed by atoms with E-state index in [0.717, 1.165) is 30.8 Å². The van der Waals surface area contributed by atoms with Crippen LogP contribution in [0, 0.1) is 5.92 Å². The number of para-hydroxylation sites is 1. The first-order valence-corrected chi connectivity index (χ1v) is 7.31. The average molecular weight is 258 g/mol. The fourth-order valence-electron chi connectivity index (χ4n) is 3.35. The molecule has 1 fully saturated rings. The average Bonchev–Trinajstić information content (AvgIpc) is 2.85. The highest BCUT2D eigenvalue weighted by Crippen LogP contribution is 2.34. The van der Waals surface area contributed by atoms with Gasteiger partial charge in [0.15, 0.2) is 0 Å². The van der Waals surface area contributed by atoms with Crippen LogP contribution in [0.4, 0.5) is 5.69 Å². The first-order chi connectivity index (χ1) is 9.18. The van der Waals surface area contributed by atoms with E-state index in [-0.39, 0.29) is 5.92 Å². The molecule has 3 rings (SSSR count). The maximum atomic E-state index is 12.8. The zero-order chi connectivity index (χ0) is 13.4. The Morgan fingerprint density at radius 3 is 2.95 bits per heavy atom. The van der Waals surface area contributed by atoms with E-state index in [1.54, 1.807) is 0 Å². The molecule has 3 unspecified atom stereocenters. The summed E-state index contributed by atoms with van der Waals surface area (Å²) in [6.07, 6.45) is 2.38. The highest BCUT2D eigenvalue weighted by atomic mass is 16.2. The molecular weight excluding hydrogens is 236 g/mol. The van der Waals surface area contributed by atoms with Crippen molar-refractivity contribution in [3.63, 3.8) is 0 Å². The topological polar surface area (TPSA) is 32.3 Å². The Labute approximate surface area is 115 Å². The number of nitrogens with zero attached hydrogens (tertiary/aromatic N) is 1. The van der Waals surface area contributed by atoms with Gasteiger partial charge in [0.25, 0.3) is 0 Å². The minimum absolute atomic E-state index is 0.00366. The summed E-state index contributed by atoms with van der Waals surface area (Å²) in [6, 6.07) is 8.55. The molecule has 1 aromatic carbocycles. The van der Waals surface area contributed by atoms with Gasteiger partial charge in [-0.25, -0.2) is 0 Å².